The van der Waals surface area contributed by atoms with Crippen molar-refractivity contribution in [3.05, 3.63) is 64.2 Å². The molecule has 0 radical (unpaired) electrons. The average molecular weight is 332 g/mol. The van der Waals surface area contributed by atoms with Crippen molar-refractivity contribution >= 4 is 17.5 Å². The molecule has 0 aliphatic carbocycles. The van der Waals surface area contributed by atoms with E-state index in [4.69, 9.17) is 16.3 Å². The van der Waals surface area contributed by atoms with Gasteiger partial charge in [0, 0.05) is 11.6 Å². The molecule has 2 aromatic rings. The van der Waals surface area contributed by atoms with Crippen molar-refractivity contribution in [1.29, 1.82) is 0 Å². The molecule has 0 heterocycles. The minimum Gasteiger partial charge on any atom is -0.481 e. The molecule has 0 saturated heterocycles. The maximum Gasteiger partial charge on any atom is 0.260 e. The summed E-state index contributed by atoms with van der Waals surface area (Å²) in [4.78, 5) is 12.1. The van der Waals surface area contributed by atoms with Crippen LogP contribution in [0.15, 0.2) is 42.5 Å². The van der Waals surface area contributed by atoms with Gasteiger partial charge in [0.15, 0.2) is 6.10 Å². The van der Waals surface area contributed by atoms with Crippen molar-refractivity contribution in [2.24, 2.45) is 0 Å². The summed E-state index contributed by atoms with van der Waals surface area (Å²) in [5, 5.41) is 3.62. The third-order valence-corrected chi connectivity index (χ3v) is 4.11. The Labute approximate surface area is 142 Å². The number of carbonyl (C=O) groups excluding carboxylic acids is 1. The number of halogens is 1. The number of benzene rings is 2. The molecule has 23 heavy (non-hydrogen) atoms. The van der Waals surface area contributed by atoms with Crippen LogP contribution in [0.4, 0.5) is 0 Å². The molecule has 1 amide bonds. The molecule has 1 unspecified atom stereocenters. The quantitative estimate of drug-likeness (QED) is 0.866. The average Bonchev–Trinajstić information content (AvgIpc) is 2.53. The van der Waals surface area contributed by atoms with Crippen molar-refractivity contribution in [3.8, 4) is 5.75 Å². The summed E-state index contributed by atoms with van der Waals surface area (Å²) in [5.41, 5.74) is 3.35. The normalized spacial score (nSPS) is 11.8. The topological polar surface area (TPSA) is 38.3 Å². The van der Waals surface area contributed by atoms with Crippen LogP contribution >= 0.6 is 11.6 Å². The molecule has 2 rings (SSSR count). The second-order valence-corrected chi connectivity index (χ2v) is 6.06. The molecule has 2 aromatic carbocycles. The van der Waals surface area contributed by atoms with Crippen molar-refractivity contribution < 1.29 is 9.53 Å². The number of nitrogens with one attached hydrogen (secondary N) is 1. The summed E-state index contributed by atoms with van der Waals surface area (Å²) in [6.45, 7) is 6.36. The van der Waals surface area contributed by atoms with Crippen LogP contribution in [0.5, 0.6) is 5.75 Å². The number of hydrogen-bond donors (Lipinski definition) is 1. The lowest BCUT2D eigenvalue weighted by molar-refractivity contribution is -0.127. The SMILES string of the molecule is Cc1cccc(OC(C)C(=O)NCCc2ccc(Cl)cc2)c1C. The van der Waals surface area contributed by atoms with Crippen molar-refractivity contribution in [1.82, 2.24) is 5.32 Å². The Kier molecular flexibility index (Phi) is 6.05. The van der Waals surface area contributed by atoms with Crippen LogP contribution < -0.4 is 10.1 Å². The predicted molar refractivity (Wildman–Crippen MR) is 94.2 cm³/mol. The van der Waals surface area contributed by atoms with Crippen molar-refractivity contribution in [2.75, 3.05) is 6.54 Å². The Morgan fingerprint density at radius 2 is 1.87 bits per heavy atom. The van der Waals surface area contributed by atoms with E-state index in [1.54, 1.807) is 6.92 Å². The van der Waals surface area contributed by atoms with E-state index in [0.717, 1.165) is 28.9 Å². The molecule has 0 aromatic heterocycles. The van der Waals surface area contributed by atoms with Crippen LogP contribution in [-0.4, -0.2) is 18.6 Å². The van der Waals surface area contributed by atoms with Gasteiger partial charge in [-0.3, -0.25) is 4.79 Å². The largest absolute Gasteiger partial charge is 0.481 e. The second kappa shape index (κ2) is 8.02. The summed E-state index contributed by atoms with van der Waals surface area (Å²) < 4.78 is 5.78. The molecule has 0 bridgehead atoms. The number of rotatable bonds is 6. The first-order chi connectivity index (χ1) is 11.0. The number of amides is 1. The fourth-order valence-corrected chi connectivity index (χ4v) is 2.35. The van der Waals surface area contributed by atoms with Gasteiger partial charge >= 0.3 is 0 Å². The Morgan fingerprint density at radius 3 is 2.57 bits per heavy atom. The van der Waals surface area contributed by atoms with Crippen LogP contribution in [0.3, 0.4) is 0 Å². The molecule has 1 N–H and O–H groups in total. The number of ether oxygens (including phenoxy) is 1. The predicted octanol–water partition coefficient (Wildman–Crippen LogP) is 4.08. The molecule has 4 heteroatoms. The van der Waals surface area contributed by atoms with Crippen molar-refractivity contribution in [3.63, 3.8) is 0 Å². The fourth-order valence-electron chi connectivity index (χ4n) is 2.22. The third kappa shape index (κ3) is 5.00. The highest BCUT2D eigenvalue weighted by atomic mass is 35.5. The summed E-state index contributed by atoms with van der Waals surface area (Å²) in [5.74, 6) is 0.644. The zero-order chi connectivity index (χ0) is 16.8. The first-order valence-electron chi connectivity index (χ1n) is 7.72. The minimum absolute atomic E-state index is 0.111. The number of aryl methyl sites for hydroxylation is 1. The Balaban J connectivity index is 1.83. The highest BCUT2D eigenvalue weighted by molar-refractivity contribution is 6.30. The molecule has 0 fully saturated rings. The summed E-state index contributed by atoms with van der Waals surface area (Å²) >= 11 is 5.85. The fraction of sp³-hybridized carbons (Fsp3) is 0.316. The Hall–Kier alpha value is -2.00. The maximum atomic E-state index is 12.1. The van der Waals surface area contributed by atoms with E-state index in [9.17, 15) is 4.79 Å². The standard InChI is InChI=1S/C19H22ClNO2/c1-13-5-4-6-18(14(13)2)23-15(3)19(22)21-12-11-16-7-9-17(20)10-8-16/h4-10,15H,11-12H2,1-3H3,(H,21,22). The van der Waals surface area contributed by atoms with Crippen LogP contribution in [0.2, 0.25) is 5.02 Å². The molecule has 1 atom stereocenters. The van der Waals surface area contributed by atoms with Gasteiger partial charge in [-0.25, -0.2) is 0 Å². The molecule has 0 aliphatic heterocycles. The van der Waals surface area contributed by atoms with E-state index < -0.39 is 6.10 Å². The number of hydrogen-bond acceptors (Lipinski definition) is 2. The van der Waals surface area contributed by atoms with E-state index in [1.807, 2.05) is 56.3 Å². The lowest BCUT2D eigenvalue weighted by Crippen LogP contribution is -2.37. The summed E-state index contributed by atoms with van der Waals surface area (Å²) in [7, 11) is 0. The van der Waals surface area contributed by atoms with Gasteiger partial charge in [0.25, 0.3) is 5.91 Å². The molecule has 0 spiro atoms. The van der Waals surface area contributed by atoms with Gasteiger partial charge in [-0.2, -0.15) is 0 Å². The molecular formula is C19H22ClNO2. The van der Waals surface area contributed by atoms with Gasteiger partial charge in [0.05, 0.1) is 0 Å². The van der Waals surface area contributed by atoms with Gasteiger partial charge in [-0.1, -0.05) is 35.9 Å². The minimum atomic E-state index is -0.527. The zero-order valence-electron chi connectivity index (χ0n) is 13.7. The first kappa shape index (κ1) is 17.4. The summed E-state index contributed by atoms with van der Waals surface area (Å²) in [6.07, 6.45) is 0.236. The van der Waals surface area contributed by atoms with E-state index >= 15 is 0 Å². The van der Waals surface area contributed by atoms with Crippen LogP contribution in [-0.2, 0) is 11.2 Å². The van der Waals surface area contributed by atoms with Gasteiger partial charge in [0.2, 0.25) is 0 Å². The second-order valence-electron chi connectivity index (χ2n) is 5.63. The lowest BCUT2D eigenvalue weighted by Gasteiger charge is -2.17. The van der Waals surface area contributed by atoms with E-state index in [1.165, 1.54) is 0 Å². The van der Waals surface area contributed by atoms with E-state index in [-0.39, 0.29) is 5.91 Å². The van der Waals surface area contributed by atoms with Crippen LogP contribution in [0.1, 0.15) is 23.6 Å². The molecule has 122 valence electrons. The van der Waals surface area contributed by atoms with Gasteiger partial charge in [-0.15, -0.1) is 0 Å². The summed E-state index contributed by atoms with van der Waals surface area (Å²) in [6, 6.07) is 13.5. The Morgan fingerprint density at radius 1 is 1.17 bits per heavy atom. The van der Waals surface area contributed by atoms with E-state index in [2.05, 4.69) is 5.32 Å². The maximum absolute atomic E-state index is 12.1. The molecule has 3 nitrogen and oxygen atoms in total. The third-order valence-electron chi connectivity index (χ3n) is 3.85. The van der Waals surface area contributed by atoms with E-state index in [0.29, 0.717) is 11.6 Å². The van der Waals surface area contributed by atoms with Crippen LogP contribution in [0.25, 0.3) is 0 Å². The van der Waals surface area contributed by atoms with Gasteiger partial charge in [-0.05, 0) is 62.1 Å². The molecule has 0 saturated carbocycles. The number of carbonyl (C=O) groups is 1. The van der Waals surface area contributed by atoms with Gasteiger partial charge < -0.3 is 10.1 Å². The highest BCUT2D eigenvalue weighted by Crippen LogP contribution is 2.21. The first-order valence-corrected chi connectivity index (χ1v) is 8.10. The van der Waals surface area contributed by atoms with Crippen molar-refractivity contribution in [2.45, 2.75) is 33.3 Å². The lowest BCUT2D eigenvalue weighted by atomic mass is 10.1. The molecule has 0 aliphatic rings. The van der Waals surface area contributed by atoms with Crippen LogP contribution in [0, 0.1) is 13.8 Å². The monoisotopic (exact) mass is 331 g/mol. The molecular weight excluding hydrogens is 310 g/mol. The zero-order valence-corrected chi connectivity index (χ0v) is 14.5. The smallest absolute Gasteiger partial charge is 0.260 e. The highest BCUT2D eigenvalue weighted by Gasteiger charge is 2.15. The van der Waals surface area contributed by atoms with Gasteiger partial charge in [0.1, 0.15) is 5.75 Å². The Bertz CT molecular complexity index is 668.